The molecule has 0 aliphatic heterocycles. The number of hydrogen-bond donors (Lipinski definition) is 1. The molecule has 0 aliphatic rings. The molecular weight excluding hydrogens is 376 g/mol. The van der Waals surface area contributed by atoms with Crippen LogP contribution in [0, 0.1) is 4.84 Å². The third-order valence-electron chi connectivity index (χ3n) is 3.48. The summed E-state index contributed by atoms with van der Waals surface area (Å²) in [5, 5.41) is 9.27. The Morgan fingerprint density at radius 1 is 1.12 bits per heavy atom. The third-order valence-corrected chi connectivity index (χ3v) is 4.73. The smallest absolute Gasteiger partial charge is 0.344 e. The molecule has 0 aliphatic carbocycles. The van der Waals surface area contributed by atoms with E-state index in [0.717, 1.165) is 21.7 Å². The summed E-state index contributed by atoms with van der Waals surface area (Å²) in [7, 11) is 0. The van der Waals surface area contributed by atoms with E-state index >= 15 is 0 Å². The molecule has 2 heterocycles. The number of aromatic amines is 1. The lowest BCUT2D eigenvalue weighted by molar-refractivity contribution is 0.545. The SMILES string of the molecule is S=c1[nH]nc(N=c2scc(-c3ccc(Cl)cc3)n2-c2ccccc2)o1. The summed E-state index contributed by atoms with van der Waals surface area (Å²) in [6, 6.07) is 17.9. The van der Waals surface area contributed by atoms with Crippen LogP contribution in [0.25, 0.3) is 16.9 Å². The van der Waals surface area contributed by atoms with Gasteiger partial charge in [-0.25, -0.2) is 5.10 Å². The second-order valence-electron chi connectivity index (χ2n) is 5.09. The minimum atomic E-state index is 0.194. The van der Waals surface area contributed by atoms with Crippen LogP contribution in [-0.2, 0) is 0 Å². The molecule has 0 atom stereocenters. The van der Waals surface area contributed by atoms with Crippen molar-refractivity contribution < 1.29 is 4.42 Å². The molecule has 0 saturated carbocycles. The normalized spacial score (nSPS) is 11.8. The van der Waals surface area contributed by atoms with Gasteiger partial charge in [-0.15, -0.1) is 16.4 Å². The van der Waals surface area contributed by atoms with Crippen molar-refractivity contribution >= 4 is 41.2 Å². The number of aromatic nitrogens is 3. The quantitative estimate of drug-likeness (QED) is 0.496. The van der Waals surface area contributed by atoms with Crippen LogP contribution >= 0.6 is 35.2 Å². The van der Waals surface area contributed by atoms with Gasteiger partial charge < -0.3 is 4.42 Å². The van der Waals surface area contributed by atoms with E-state index in [-0.39, 0.29) is 10.9 Å². The van der Waals surface area contributed by atoms with E-state index in [4.69, 9.17) is 28.2 Å². The number of benzene rings is 2. The van der Waals surface area contributed by atoms with Crippen LogP contribution in [0.4, 0.5) is 6.01 Å². The topological polar surface area (TPSA) is 59.1 Å². The lowest BCUT2D eigenvalue weighted by Gasteiger charge is -2.09. The lowest BCUT2D eigenvalue weighted by Crippen LogP contribution is -2.13. The molecule has 5 nitrogen and oxygen atoms in total. The number of H-pyrrole nitrogens is 1. The number of para-hydroxylation sites is 1. The van der Waals surface area contributed by atoms with Crippen molar-refractivity contribution in [2.45, 2.75) is 0 Å². The standard InChI is InChI=1S/C17H11ClN4OS2/c18-12-8-6-11(7-9-12)14-10-25-16(19-15-20-21-17(24)23-15)22(14)13-4-2-1-3-5-13/h1-10H,(H,21,24). The third kappa shape index (κ3) is 3.34. The minimum absolute atomic E-state index is 0.194. The summed E-state index contributed by atoms with van der Waals surface area (Å²) in [4.78, 5) is 5.40. The summed E-state index contributed by atoms with van der Waals surface area (Å²) < 4.78 is 7.31. The molecule has 0 bridgehead atoms. The Hall–Kier alpha value is -2.48. The number of halogens is 1. The Morgan fingerprint density at radius 2 is 1.88 bits per heavy atom. The highest BCUT2D eigenvalue weighted by Gasteiger charge is 2.11. The second kappa shape index (κ2) is 6.79. The fourth-order valence-corrected chi connectivity index (χ4v) is 3.53. The van der Waals surface area contributed by atoms with Crippen molar-refractivity contribution in [1.29, 1.82) is 0 Å². The van der Waals surface area contributed by atoms with Crippen molar-refractivity contribution in [3.05, 3.63) is 74.6 Å². The maximum Gasteiger partial charge on any atom is 0.344 e. The molecule has 2 aromatic heterocycles. The largest absolute Gasteiger partial charge is 0.394 e. The maximum absolute atomic E-state index is 6.01. The molecule has 25 heavy (non-hydrogen) atoms. The Kier molecular flexibility index (Phi) is 4.35. The van der Waals surface area contributed by atoms with E-state index in [0.29, 0.717) is 5.02 Å². The Balaban J connectivity index is 1.95. The zero-order valence-electron chi connectivity index (χ0n) is 12.7. The second-order valence-corrected chi connectivity index (χ2v) is 6.73. The van der Waals surface area contributed by atoms with Gasteiger partial charge >= 0.3 is 6.01 Å². The first-order valence-corrected chi connectivity index (χ1v) is 8.99. The van der Waals surface area contributed by atoms with E-state index in [1.165, 1.54) is 11.3 Å². The highest BCUT2D eigenvalue weighted by molar-refractivity contribution is 7.71. The molecule has 0 radical (unpaired) electrons. The van der Waals surface area contributed by atoms with E-state index in [1.54, 1.807) is 0 Å². The highest BCUT2D eigenvalue weighted by Crippen LogP contribution is 2.25. The number of thiazole rings is 1. The van der Waals surface area contributed by atoms with Gasteiger partial charge in [-0.1, -0.05) is 41.9 Å². The number of nitrogens with one attached hydrogen (secondary N) is 1. The molecule has 0 saturated heterocycles. The van der Waals surface area contributed by atoms with Crippen LogP contribution in [-0.4, -0.2) is 14.8 Å². The predicted molar refractivity (Wildman–Crippen MR) is 101 cm³/mol. The van der Waals surface area contributed by atoms with Gasteiger partial charge in [-0.05, 0) is 42.0 Å². The molecule has 124 valence electrons. The average molecular weight is 387 g/mol. The van der Waals surface area contributed by atoms with Gasteiger partial charge in [0.15, 0.2) is 4.80 Å². The van der Waals surface area contributed by atoms with Gasteiger partial charge in [-0.2, -0.15) is 4.99 Å². The molecule has 1 N–H and O–H groups in total. The lowest BCUT2D eigenvalue weighted by atomic mass is 10.1. The van der Waals surface area contributed by atoms with Crippen LogP contribution in [0.1, 0.15) is 0 Å². The zero-order valence-corrected chi connectivity index (χ0v) is 15.1. The van der Waals surface area contributed by atoms with E-state index < -0.39 is 0 Å². The van der Waals surface area contributed by atoms with E-state index in [9.17, 15) is 0 Å². The van der Waals surface area contributed by atoms with Crippen LogP contribution in [0.2, 0.25) is 5.02 Å². The monoisotopic (exact) mass is 386 g/mol. The highest BCUT2D eigenvalue weighted by atomic mass is 35.5. The molecule has 0 spiro atoms. The van der Waals surface area contributed by atoms with Crippen LogP contribution < -0.4 is 4.80 Å². The predicted octanol–water partition coefficient (Wildman–Crippen LogP) is 5.14. The average Bonchev–Trinajstić information content (AvgIpc) is 3.23. The van der Waals surface area contributed by atoms with Gasteiger partial charge in [0.2, 0.25) is 0 Å². The summed E-state index contributed by atoms with van der Waals surface area (Å²) in [6.07, 6.45) is 0. The Labute approximate surface area is 156 Å². The molecule has 2 aromatic carbocycles. The Morgan fingerprint density at radius 3 is 2.56 bits per heavy atom. The van der Waals surface area contributed by atoms with Crippen molar-refractivity contribution in [2.75, 3.05) is 0 Å². The number of rotatable bonds is 3. The Bertz CT molecular complexity index is 1120. The molecule has 4 aromatic rings. The maximum atomic E-state index is 6.01. The van der Waals surface area contributed by atoms with Gasteiger partial charge in [0.1, 0.15) is 0 Å². The summed E-state index contributed by atoms with van der Waals surface area (Å²) in [5.41, 5.74) is 3.02. The van der Waals surface area contributed by atoms with Crippen LogP contribution in [0.5, 0.6) is 0 Å². The minimum Gasteiger partial charge on any atom is -0.394 e. The van der Waals surface area contributed by atoms with Gasteiger partial charge in [0, 0.05) is 16.1 Å². The molecular formula is C17H11ClN4OS2. The molecule has 0 unspecified atom stereocenters. The summed E-state index contributed by atoms with van der Waals surface area (Å²) in [5.74, 6) is 0. The summed E-state index contributed by atoms with van der Waals surface area (Å²) >= 11 is 12.4. The van der Waals surface area contributed by atoms with Crippen molar-refractivity contribution in [3.8, 4) is 16.9 Å². The first-order valence-electron chi connectivity index (χ1n) is 7.33. The molecule has 8 heteroatoms. The van der Waals surface area contributed by atoms with Gasteiger partial charge in [-0.3, -0.25) is 4.57 Å². The van der Waals surface area contributed by atoms with Crippen molar-refractivity contribution in [3.63, 3.8) is 0 Å². The fourth-order valence-electron chi connectivity index (χ4n) is 2.39. The number of nitrogens with zero attached hydrogens (tertiary/aromatic N) is 3. The van der Waals surface area contributed by atoms with Crippen LogP contribution in [0.15, 0.2) is 69.4 Å². The fraction of sp³-hybridized carbons (Fsp3) is 0. The van der Waals surface area contributed by atoms with E-state index in [1.807, 2.05) is 64.5 Å². The van der Waals surface area contributed by atoms with Crippen molar-refractivity contribution in [1.82, 2.24) is 14.8 Å². The molecule has 0 amide bonds. The zero-order chi connectivity index (χ0) is 17.2. The first-order chi connectivity index (χ1) is 12.2. The van der Waals surface area contributed by atoms with Crippen molar-refractivity contribution in [2.24, 2.45) is 4.99 Å². The molecule has 0 fully saturated rings. The molecule has 4 rings (SSSR count). The summed E-state index contributed by atoms with van der Waals surface area (Å²) in [6.45, 7) is 0. The number of hydrogen-bond acceptors (Lipinski definition) is 5. The van der Waals surface area contributed by atoms with Crippen LogP contribution in [0.3, 0.4) is 0 Å². The van der Waals surface area contributed by atoms with Gasteiger partial charge in [0.25, 0.3) is 4.84 Å². The van der Waals surface area contributed by atoms with Gasteiger partial charge in [0.05, 0.1) is 5.69 Å². The first kappa shape index (κ1) is 16.0. The van der Waals surface area contributed by atoms with E-state index in [2.05, 4.69) is 15.2 Å².